The lowest BCUT2D eigenvalue weighted by Gasteiger charge is -2.31. The van der Waals surface area contributed by atoms with Gasteiger partial charge in [0.1, 0.15) is 0 Å². The lowest BCUT2D eigenvalue weighted by Crippen LogP contribution is -2.41. The number of hydrogen-bond donors (Lipinski definition) is 1. The van der Waals surface area contributed by atoms with Crippen LogP contribution in [0, 0.1) is 0 Å². The van der Waals surface area contributed by atoms with Crippen LogP contribution in [0.2, 0.25) is 0 Å². The molecule has 3 rings (SSSR count). The number of ether oxygens (including phenoxy) is 1. The zero-order chi connectivity index (χ0) is 15.4. The van der Waals surface area contributed by atoms with Gasteiger partial charge in [-0.3, -0.25) is 4.98 Å². The minimum Gasteiger partial charge on any atom is -0.481 e. The van der Waals surface area contributed by atoms with Crippen LogP contribution in [0.1, 0.15) is 18.4 Å². The second-order valence-corrected chi connectivity index (χ2v) is 5.85. The van der Waals surface area contributed by atoms with E-state index in [2.05, 4.69) is 33.3 Å². The fourth-order valence-electron chi connectivity index (χ4n) is 3.10. The Hall–Kier alpha value is -1.72. The van der Waals surface area contributed by atoms with Crippen LogP contribution < -0.4 is 10.1 Å². The van der Waals surface area contributed by atoms with Gasteiger partial charge in [0.15, 0.2) is 0 Å². The number of nitrogens with one attached hydrogen (secondary N) is 1. The standard InChI is InChI=1S/C17H24N4O/c1-18-14-7-11-21(12-8-14)10-6-13-5-9-19-15-3-4-16(22-2)20-17(13)15/h3-5,9,14,18H,6-8,10-12H2,1-2H3. The third-order valence-electron chi connectivity index (χ3n) is 4.54. The van der Waals surface area contributed by atoms with Crippen molar-refractivity contribution in [2.75, 3.05) is 33.8 Å². The molecule has 22 heavy (non-hydrogen) atoms. The van der Waals surface area contributed by atoms with Gasteiger partial charge in [0, 0.05) is 24.8 Å². The summed E-state index contributed by atoms with van der Waals surface area (Å²) in [5, 5.41) is 3.38. The van der Waals surface area contributed by atoms with Crippen LogP contribution in [0.4, 0.5) is 0 Å². The molecular weight excluding hydrogens is 276 g/mol. The van der Waals surface area contributed by atoms with Crippen molar-refractivity contribution in [3.63, 3.8) is 0 Å². The van der Waals surface area contributed by atoms with Gasteiger partial charge >= 0.3 is 0 Å². The molecule has 1 saturated heterocycles. The molecule has 0 aliphatic carbocycles. The minimum atomic E-state index is 0.650. The van der Waals surface area contributed by atoms with Gasteiger partial charge in [0.25, 0.3) is 0 Å². The van der Waals surface area contributed by atoms with Gasteiger partial charge < -0.3 is 15.0 Å². The first-order valence-corrected chi connectivity index (χ1v) is 7.98. The van der Waals surface area contributed by atoms with Crippen LogP contribution in [0.5, 0.6) is 5.88 Å². The van der Waals surface area contributed by atoms with Crippen LogP contribution >= 0.6 is 0 Å². The lowest BCUT2D eigenvalue weighted by molar-refractivity contribution is 0.204. The Balaban J connectivity index is 1.69. The van der Waals surface area contributed by atoms with E-state index in [9.17, 15) is 0 Å². The first kappa shape index (κ1) is 15.2. The van der Waals surface area contributed by atoms with Gasteiger partial charge in [0.2, 0.25) is 5.88 Å². The summed E-state index contributed by atoms with van der Waals surface area (Å²) in [4.78, 5) is 11.5. The molecule has 0 atom stereocenters. The zero-order valence-corrected chi connectivity index (χ0v) is 13.4. The maximum Gasteiger partial charge on any atom is 0.213 e. The maximum atomic E-state index is 5.24. The van der Waals surface area contributed by atoms with Crippen LogP contribution in [0.3, 0.4) is 0 Å². The fraction of sp³-hybridized carbons (Fsp3) is 0.529. The average molecular weight is 300 g/mol. The van der Waals surface area contributed by atoms with E-state index >= 15 is 0 Å². The summed E-state index contributed by atoms with van der Waals surface area (Å²) in [5.74, 6) is 0.650. The quantitative estimate of drug-likeness (QED) is 0.913. The molecule has 0 saturated carbocycles. The summed E-state index contributed by atoms with van der Waals surface area (Å²) >= 11 is 0. The molecule has 2 aromatic rings. The molecule has 118 valence electrons. The highest BCUT2D eigenvalue weighted by Crippen LogP contribution is 2.19. The molecule has 1 N–H and O–H groups in total. The van der Waals surface area contributed by atoms with Crippen molar-refractivity contribution in [3.05, 3.63) is 30.0 Å². The topological polar surface area (TPSA) is 50.3 Å². The van der Waals surface area contributed by atoms with E-state index in [0.29, 0.717) is 11.9 Å². The molecule has 0 unspecified atom stereocenters. The van der Waals surface area contributed by atoms with Crippen LogP contribution in [0.15, 0.2) is 24.4 Å². The van der Waals surface area contributed by atoms with Gasteiger partial charge in [-0.1, -0.05) is 0 Å². The molecule has 1 aliphatic rings. The molecule has 3 heterocycles. The molecule has 5 nitrogen and oxygen atoms in total. The highest BCUT2D eigenvalue weighted by Gasteiger charge is 2.17. The van der Waals surface area contributed by atoms with Crippen molar-refractivity contribution >= 4 is 11.0 Å². The second-order valence-electron chi connectivity index (χ2n) is 5.85. The molecule has 5 heteroatoms. The van der Waals surface area contributed by atoms with E-state index in [1.165, 1.54) is 31.5 Å². The molecule has 1 aliphatic heterocycles. The van der Waals surface area contributed by atoms with E-state index in [1.807, 2.05) is 18.3 Å². The van der Waals surface area contributed by atoms with Crippen molar-refractivity contribution < 1.29 is 4.74 Å². The van der Waals surface area contributed by atoms with Crippen LogP contribution in [-0.4, -0.2) is 54.7 Å². The molecule has 0 bridgehead atoms. The van der Waals surface area contributed by atoms with Gasteiger partial charge in [-0.05, 0) is 57.1 Å². The summed E-state index contributed by atoms with van der Waals surface area (Å²) in [6.07, 6.45) is 5.35. The Morgan fingerprint density at radius 3 is 2.82 bits per heavy atom. The molecular formula is C17H24N4O. The Morgan fingerprint density at radius 1 is 1.27 bits per heavy atom. The Morgan fingerprint density at radius 2 is 2.09 bits per heavy atom. The normalized spacial score (nSPS) is 17.0. The maximum absolute atomic E-state index is 5.24. The summed E-state index contributed by atoms with van der Waals surface area (Å²) in [6, 6.07) is 6.60. The largest absolute Gasteiger partial charge is 0.481 e. The van der Waals surface area contributed by atoms with E-state index in [4.69, 9.17) is 4.74 Å². The molecule has 0 amide bonds. The minimum absolute atomic E-state index is 0.650. The molecule has 0 aromatic carbocycles. The molecule has 0 spiro atoms. The van der Waals surface area contributed by atoms with Gasteiger partial charge in [0.05, 0.1) is 18.1 Å². The lowest BCUT2D eigenvalue weighted by atomic mass is 10.0. The zero-order valence-electron chi connectivity index (χ0n) is 13.4. The van der Waals surface area contributed by atoms with E-state index in [-0.39, 0.29) is 0 Å². The van der Waals surface area contributed by atoms with Crippen molar-refractivity contribution in [3.8, 4) is 5.88 Å². The molecule has 2 aromatic heterocycles. The monoisotopic (exact) mass is 300 g/mol. The summed E-state index contributed by atoms with van der Waals surface area (Å²) in [6.45, 7) is 3.42. The third-order valence-corrected chi connectivity index (χ3v) is 4.54. The number of aromatic nitrogens is 2. The molecule has 1 fully saturated rings. The average Bonchev–Trinajstić information content (AvgIpc) is 2.59. The Labute approximate surface area is 131 Å². The van der Waals surface area contributed by atoms with Gasteiger partial charge in [-0.15, -0.1) is 0 Å². The number of fused-ring (bicyclic) bond motifs is 1. The fourth-order valence-corrected chi connectivity index (χ4v) is 3.10. The number of hydrogen-bond acceptors (Lipinski definition) is 5. The third kappa shape index (κ3) is 3.36. The predicted molar refractivity (Wildman–Crippen MR) is 88.3 cm³/mol. The number of nitrogens with zero attached hydrogens (tertiary/aromatic N) is 3. The first-order valence-electron chi connectivity index (χ1n) is 7.98. The predicted octanol–water partition coefficient (Wildman–Crippen LogP) is 1.86. The Kier molecular flexibility index (Phi) is 4.85. The SMILES string of the molecule is CNC1CCN(CCc2ccnc3ccc(OC)nc23)CC1. The van der Waals surface area contributed by atoms with Crippen molar-refractivity contribution in [1.82, 2.24) is 20.2 Å². The van der Waals surface area contributed by atoms with Crippen LogP contribution in [0.25, 0.3) is 11.0 Å². The van der Waals surface area contributed by atoms with Gasteiger partial charge in [-0.25, -0.2) is 4.98 Å². The van der Waals surface area contributed by atoms with Crippen LogP contribution in [-0.2, 0) is 6.42 Å². The summed E-state index contributed by atoms with van der Waals surface area (Å²) in [7, 11) is 3.71. The van der Waals surface area contributed by atoms with Crippen molar-refractivity contribution in [2.45, 2.75) is 25.3 Å². The summed E-state index contributed by atoms with van der Waals surface area (Å²) < 4.78 is 5.24. The highest BCUT2D eigenvalue weighted by molar-refractivity contribution is 5.78. The number of piperidine rings is 1. The highest BCUT2D eigenvalue weighted by atomic mass is 16.5. The van der Waals surface area contributed by atoms with Crippen molar-refractivity contribution in [1.29, 1.82) is 0 Å². The number of rotatable bonds is 5. The number of pyridine rings is 2. The summed E-state index contributed by atoms with van der Waals surface area (Å²) in [5.41, 5.74) is 3.15. The van der Waals surface area contributed by atoms with E-state index in [1.54, 1.807) is 7.11 Å². The molecule has 0 radical (unpaired) electrons. The second kappa shape index (κ2) is 7.03. The number of methoxy groups -OCH3 is 1. The Bertz CT molecular complexity index is 623. The van der Waals surface area contributed by atoms with E-state index < -0.39 is 0 Å². The first-order chi connectivity index (χ1) is 10.8. The smallest absolute Gasteiger partial charge is 0.213 e. The van der Waals surface area contributed by atoms with Crippen molar-refractivity contribution in [2.24, 2.45) is 0 Å². The van der Waals surface area contributed by atoms with E-state index in [0.717, 1.165) is 24.0 Å². The number of likely N-dealkylation sites (tertiary alicyclic amines) is 1. The van der Waals surface area contributed by atoms with Gasteiger partial charge in [-0.2, -0.15) is 0 Å².